The first-order valence-corrected chi connectivity index (χ1v) is 3.43. The van der Waals surface area contributed by atoms with Gasteiger partial charge >= 0.3 is 6.17 Å². The summed E-state index contributed by atoms with van der Waals surface area (Å²) in [5, 5.41) is 31.1. The fourth-order valence-electron chi connectivity index (χ4n) is 0.676. The van der Waals surface area contributed by atoms with Gasteiger partial charge in [-0.2, -0.15) is 0 Å². The zero-order valence-electron chi connectivity index (χ0n) is 6.91. The molecule has 0 aromatic carbocycles. The normalized spacial score (nSPS) is 11.7. The van der Waals surface area contributed by atoms with Crippen LogP contribution < -0.4 is 0 Å². The maximum absolute atomic E-state index is 10.1. The van der Waals surface area contributed by atoms with Crippen LogP contribution in [0.5, 0.6) is 0 Å². The zero-order chi connectivity index (χ0) is 10.4. The van der Waals surface area contributed by atoms with Crippen LogP contribution in [0.2, 0.25) is 0 Å². The second kappa shape index (κ2) is 5.01. The summed E-state index contributed by atoms with van der Waals surface area (Å²) in [5.74, 6) is 0. The Morgan fingerprint density at radius 2 is 1.92 bits per heavy atom. The number of hydrogen-bond donors (Lipinski definition) is 1. The van der Waals surface area contributed by atoms with E-state index in [-0.39, 0.29) is 18.6 Å². The molecule has 0 atom stereocenters. The molecule has 0 aromatic heterocycles. The van der Waals surface area contributed by atoms with Crippen LogP contribution in [0.1, 0.15) is 19.8 Å². The molecule has 1 N–H and O–H groups in total. The van der Waals surface area contributed by atoms with Gasteiger partial charge in [0.05, 0.1) is 22.0 Å². The first kappa shape index (κ1) is 11.3. The van der Waals surface area contributed by atoms with Crippen molar-refractivity contribution in [3.63, 3.8) is 0 Å². The van der Waals surface area contributed by atoms with Crippen LogP contribution >= 0.6 is 0 Å². The van der Waals surface area contributed by atoms with Gasteiger partial charge < -0.3 is 5.21 Å². The highest BCUT2D eigenvalue weighted by Crippen LogP contribution is 2.03. The molecule has 0 saturated carbocycles. The maximum atomic E-state index is 10.1. The van der Waals surface area contributed by atoms with Crippen molar-refractivity contribution in [1.29, 1.82) is 0 Å². The first-order valence-electron chi connectivity index (χ1n) is 3.43. The standard InChI is InChI=1S/C5H9N3O5/c1-4(6-9)2-3-5(7(10)11)8(12)13/h5,9H,2-3H2,1H3/b6-4+. The van der Waals surface area contributed by atoms with Crippen LogP contribution in [0.25, 0.3) is 0 Å². The molecule has 0 radical (unpaired) electrons. The highest BCUT2D eigenvalue weighted by atomic mass is 16.7. The molecule has 0 bridgehead atoms. The third kappa shape index (κ3) is 3.99. The number of nitro groups is 2. The minimum absolute atomic E-state index is 0.0309. The Kier molecular flexibility index (Phi) is 4.34. The van der Waals surface area contributed by atoms with Crippen molar-refractivity contribution < 1.29 is 15.1 Å². The minimum atomic E-state index is -1.82. The van der Waals surface area contributed by atoms with Crippen molar-refractivity contribution in [1.82, 2.24) is 0 Å². The third-order valence-electron chi connectivity index (χ3n) is 1.42. The molecule has 8 nitrogen and oxygen atoms in total. The molecule has 0 fully saturated rings. The van der Waals surface area contributed by atoms with Crippen LogP contribution in [0, 0.1) is 20.2 Å². The molecule has 13 heavy (non-hydrogen) atoms. The highest BCUT2D eigenvalue weighted by Gasteiger charge is 2.31. The smallest absolute Gasteiger partial charge is 0.411 e. The Morgan fingerprint density at radius 1 is 1.46 bits per heavy atom. The lowest BCUT2D eigenvalue weighted by Gasteiger charge is -2.00. The molecule has 8 heteroatoms. The quantitative estimate of drug-likeness (QED) is 0.223. The molecule has 0 aliphatic carbocycles. The molecule has 74 valence electrons. The van der Waals surface area contributed by atoms with Crippen molar-refractivity contribution in [3.05, 3.63) is 20.2 Å². The van der Waals surface area contributed by atoms with Crippen molar-refractivity contribution in [2.75, 3.05) is 0 Å². The zero-order valence-corrected chi connectivity index (χ0v) is 6.91. The molecule has 0 unspecified atom stereocenters. The van der Waals surface area contributed by atoms with E-state index in [1.807, 2.05) is 0 Å². The third-order valence-corrected chi connectivity index (χ3v) is 1.42. The molecular formula is C5H9N3O5. The van der Waals surface area contributed by atoms with E-state index < -0.39 is 16.0 Å². The monoisotopic (exact) mass is 191 g/mol. The lowest BCUT2D eigenvalue weighted by atomic mass is 10.2. The summed E-state index contributed by atoms with van der Waals surface area (Å²) in [4.78, 5) is 18.3. The Balaban J connectivity index is 4.13. The second-order valence-electron chi connectivity index (χ2n) is 2.43. The SMILES string of the molecule is C/C(CCC([N+](=O)[O-])[N+](=O)[O-])=N\O. The number of rotatable bonds is 5. The van der Waals surface area contributed by atoms with E-state index in [1.54, 1.807) is 0 Å². The Bertz CT molecular complexity index is 224. The fourth-order valence-corrected chi connectivity index (χ4v) is 0.676. The van der Waals surface area contributed by atoms with Gasteiger partial charge in [0.1, 0.15) is 0 Å². The van der Waals surface area contributed by atoms with E-state index in [9.17, 15) is 20.2 Å². The van der Waals surface area contributed by atoms with E-state index in [1.165, 1.54) is 6.92 Å². The predicted molar refractivity (Wildman–Crippen MR) is 41.9 cm³/mol. The lowest BCUT2D eigenvalue weighted by Crippen LogP contribution is -2.29. The largest absolute Gasteiger partial charge is 0.451 e. The van der Waals surface area contributed by atoms with E-state index >= 15 is 0 Å². The van der Waals surface area contributed by atoms with Crippen LogP contribution in [0.15, 0.2) is 5.16 Å². The van der Waals surface area contributed by atoms with E-state index in [0.717, 1.165) is 0 Å². The first-order chi connectivity index (χ1) is 5.99. The molecule has 0 spiro atoms. The van der Waals surface area contributed by atoms with Gasteiger partial charge in [-0.15, -0.1) is 0 Å². The number of oxime groups is 1. The number of nitrogens with zero attached hydrogens (tertiary/aromatic N) is 3. The maximum Gasteiger partial charge on any atom is 0.451 e. The van der Waals surface area contributed by atoms with Crippen LogP contribution in [-0.2, 0) is 0 Å². The predicted octanol–water partition coefficient (Wildman–Crippen LogP) is 0.496. The summed E-state index contributed by atoms with van der Waals surface area (Å²) in [7, 11) is 0. The van der Waals surface area contributed by atoms with Gasteiger partial charge in [-0.1, -0.05) is 5.16 Å². The van der Waals surface area contributed by atoms with Crippen LogP contribution in [0.4, 0.5) is 0 Å². The van der Waals surface area contributed by atoms with Crippen LogP contribution in [0.3, 0.4) is 0 Å². The molecule has 0 rings (SSSR count). The molecule has 0 saturated heterocycles. The molecule has 0 aromatic rings. The van der Waals surface area contributed by atoms with Gasteiger partial charge in [0.25, 0.3) is 0 Å². The summed E-state index contributed by atoms with van der Waals surface area (Å²) < 4.78 is 0. The van der Waals surface area contributed by atoms with Gasteiger partial charge in [-0.25, -0.2) is 0 Å². The van der Waals surface area contributed by atoms with Gasteiger partial charge in [-0.05, 0) is 6.92 Å². The number of hydrogen-bond acceptors (Lipinski definition) is 6. The summed E-state index contributed by atoms with van der Waals surface area (Å²) in [6.45, 7) is 1.43. The topological polar surface area (TPSA) is 119 Å². The van der Waals surface area contributed by atoms with E-state index in [0.29, 0.717) is 0 Å². The van der Waals surface area contributed by atoms with Gasteiger partial charge in [-0.3, -0.25) is 20.2 Å². The van der Waals surface area contributed by atoms with E-state index in [2.05, 4.69) is 5.16 Å². The van der Waals surface area contributed by atoms with E-state index in [4.69, 9.17) is 5.21 Å². The van der Waals surface area contributed by atoms with Gasteiger partial charge in [0.2, 0.25) is 0 Å². The molecule has 0 aliphatic heterocycles. The summed E-state index contributed by atoms with van der Waals surface area (Å²) >= 11 is 0. The average molecular weight is 191 g/mol. The Morgan fingerprint density at radius 3 is 2.23 bits per heavy atom. The van der Waals surface area contributed by atoms with Crippen molar-refractivity contribution in [2.24, 2.45) is 5.16 Å². The van der Waals surface area contributed by atoms with Crippen LogP contribution in [-0.4, -0.2) is 26.9 Å². The second-order valence-corrected chi connectivity index (χ2v) is 2.43. The molecule has 0 amide bonds. The van der Waals surface area contributed by atoms with Crippen molar-refractivity contribution >= 4 is 5.71 Å². The molecule has 0 aliphatic rings. The summed E-state index contributed by atoms with van der Waals surface area (Å²) in [5.41, 5.74) is 0.230. The van der Waals surface area contributed by atoms with Gasteiger partial charge in [0, 0.05) is 6.42 Å². The minimum Gasteiger partial charge on any atom is -0.411 e. The summed E-state index contributed by atoms with van der Waals surface area (Å²) in [6, 6.07) is 0. The summed E-state index contributed by atoms with van der Waals surface area (Å²) in [6.07, 6.45) is -2.06. The molecule has 0 heterocycles. The fraction of sp³-hybridized carbons (Fsp3) is 0.800. The molecular weight excluding hydrogens is 182 g/mol. The lowest BCUT2D eigenvalue weighted by molar-refractivity contribution is -0.742. The van der Waals surface area contributed by atoms with Gasteiger partial charge in [0.15, 0.2) is 0 Å². The van der Waals surface area contributed by atoms with Crippen molar-refractivity contribution in [2.45, 2.75) is 25.9 Å². The Labute approximate surface area is 73.1 Å². The highest BCUT2D eigenvalue weighted by molar-refractivity contribution is 5.81. The average Bonchev–Trinajstić information content (AvgIpc) is 2.03. The van der Waals surface area contributed by atoms with Crippen molar-refractivity contribution in [3.8, 4) is 0 Å². The Hall–Kier alpha value is -1.73.